The lowest BCUT2D eigenvalue weighted by Crippen LogP contribution is -2.15. The number of hydrogen-bond acceptors (Lipinski definition) is 4. The van der Waals surface area contributed by atoms with Crippen molar-refractivity contribution in [3.8, 4) is 11.3 Å². The van der Waals surface area contributed by atoms with Crippen molar-refractivity contribution in [3.05, 3.63) is 105 Å². The van der Waals surface area contributed by atoms with Crippen molar-refractivity contribution in [2.75, 3.05) is 10.6 Å². The van der Waals surface area contributed by atoms with Crippen LogP contribution in [0.3, 0.4) is 0 Å². The van der Waals surface area contributed by atoms with E-state index in [0.29, 0.717) is 32.8 Å². The van der Waals surface area contributed by atoms with Crippen LogP contribution in [-0.2, 0) is 0 Å². The number of halogens is 3. The molecule has 0 aliphatic rings. The summed E-state index contributed by atoms with van der Waals surface area (Å²) in [7, 11) is 0. The van der Waals surface area contributed by atoms with Gasteiger partial charge in [0.1, 0.15) is 5.15 Å². The SMILES string of the molecule is O=C(Nc1ccc(Cl)nc1)c1ccc(C(=O)Nc2ccc(Cl)c(-c3ccccn3)c2)c(Cl)c1. The zero-order valence-corrected chi connectivity index (χ0v) is 19.1. The second kappa shape index (κ2) is 10.0. The highest BCUT2D eigenvalue weighted by atomic mass is 35.5. The van der Waals surface area contributed by atoms with Gasteiger partial charge in [-0.1, -0.05) is 40.9 Å². The average Bonchev–Trinajstić information content (AvgIpc) is 2.82. The molecule has 0 spiro atoms. The molecule has 2 aromatic heterocycles. The van der Waals surface area contributed by atoms with Crippen LogP contribution < -0.4 is 10.6 Å². The van der Waals surface area contributed by atoms with Gasteiger partial charge in [0, 0.05) is 23.0 Å². The zero-order chi connectivity index (χ0) is 23.4. The topological polar surface area (TPSA) is 84.0 Å². The summed E-state index contributed by atoms with van der Waals surface area (Å²) in [4.78, 5) is 33.5. The Balaban J connectivity index is 1.50. The number of carbonyl (C=O) groups excluding carboxylic acids is 2. The first-order valence-corrected chi connectivity index (χ1v) is 10.8. The summed E-state index contributed by atoms with van der Waals surface area (Å²) in [5, 5.41) is 6.45. The Bertz CT molecular complexity index is 1330. The van der Waals surface area contributed by atoms with Gasteiger partial charge in [-0.05, 0) is 60.7 Å². The third-order valence-corrected chi connectivity index (χ3v) is 5.49. The number of nitrogens with one attached hydrogen (secondary N) is 2. The average molecular weight is 498 g/mol. The van der Waals surface area contributed by atoms with Crippen LogP contribution in [0.5, 0.6) is 0 Å². The smallest absolute Gasteiger partial charge is 0.257 e. The molecule has 0 unspecified atom stereocenters. The van der Waals surface area contributed by atoms with Crippen molar-refractivity contribution in [1.29, 1.82) is 0 Å². The first kappa shape index (κ1) is 22.7. The molecule has 0 saturated heterocycles. The molecule has 2 N–H and O–H groups in total. The van der Waals surface area contributed by atoms with Gasteiger partial charge in [0.25, 0.3) is 11.8 Å². The monoisotopic (exact) mass is 496 g/mol. The molecule has 9 heteroatoms. The van der Waals surface area contributed by atoms with Crippen molar-refractivity contribution in [1.82, 2.24) is 9.97 Å². The lowest BCUT2D eigenvalue weighted by molar-refractivity contribution is 0.101. The Kier molecular flexibility index (Phi) is 6.89. The summed E-state index contributed by atoms with van der Waals surface area (Å²) in [6.07, 6.45) is 3.10. The minimum atomic E-state index is -0.428. The number of carbonyl (C=O) groups is 2. The number of nitrogens with zero attached hydrogens (tertiary/aromatic N) is 2. The molecule has 0 saturated carbocycles. The molecule has 4 aromatic rings. The highest BCUT2D eigenvalue weighted by molar-refractivity contribution is 6.35. The molecule has 4 rings (SSSR count). The number of rotatable bonds is 5. The predicted molar refractivity (Wildman–Crippen MR) is 131 cm³/mol. The second-order valence-electron chi connectivity index (χ2n) is 6.88. The third kappa shape index (κ3) is 5.49. The molecule has 2 heterocycles. The van der Waals surface area contributed by atoms with Crippen molar-refractivity contribution in [3.63, 3.8) is 0 Å². The van der Waals surface area contributed by atoms with E-state index >= 15 is 0 Å². The van der Waals surface area contributed by atoms with Crippen LogP contribution in [0.15, 0.2) is 79.1 Å². The van der Waals surface area contributed by atoms with E-state index in [1.54, 1.807) is 42.6 Å². The van der Waals surface area contributed by atoms with Crippen LogP contribution in [0.2, 0.25) is 15.2 Å². The van der Waals surface area contributed by atoms with E-state index in [0.717, 1.165) is 0 Å². The van der Waals surface area contributed by atoms with Gasteiger partial charge in [-0.2, -0.15) is 0 Å². The van der Waals surface area contributed by atoms with Crippen LogP contribution in [0, 0.1) is 0 Å². The molecule has 6 nitrogen and oxygen atoms in total. The van der Waals surface area contributed by atoms with Gasteiger partial charge in [-0.15, -0.1) is 0 Å². The summed E-state index contributed by atoms with van der Waals surface area (Å²) in [6, 6.07) is 18.2. The minimum Gasteiger partial charge on any atom is -0.322 e. The molecule has 0 fully saturated rings. The van der Waals surface area contributed by atoms with Gasteiger partial charge < -0.3 is 10.6 Å². The van der Waals surface area contributed by atoms with E-state index in [2.05, 4.69) is 20.6 Å². The molecule has 0 atom stereocenters. The minimum absolute atomic E-state index is 0.133. The summed E-state index contributed by atoms with van der Waals surface area (Å²) in [5.41, 5.74) is 2.88. The molecule has 2 amide bonds. The number of benzene rings is 2. The molecule has 0 bridgehead atoms. The quantitative estimate of drug-likeness (QED) is 0.304. The van der Waals surface area contributed by atoms with E-state index in [1.165, 1.54) is 24.4 Å². The predicted octanol–water partition coefficient (Wildman–Crippen LogP) is 6.61. The van der Waals surface area contributed by atoms with Gasteiger partial charge in [-0.3, -0.25) is 14.6 Å². The van der Waals surface area contributed by atoms with Gasteiger partial charge in [0.2, 0.25) is 0 Å². The van der Waals surface area contributed by atoms with E-state index in [1.807, 2.05) is 12.1 Å². The van der Waals surface area contributed by atoms with E-state index < -0.39 is 11.8 Å². The standard InChI is InChI=1S/C24H15Cl3N4O2/c25-19-8-5-15(12-18(19)21-3-1-2-10-28-21)30-24(33)17-7-4-14(11-20(17)26)23(32)31-16-6-9-22(27)29-13-16/h1-13H,(H,30,33)(H,31,32). The Morgan fingerprint density at radius 1 is 0.727 bits per heavy atom. The van der Waals surface area contributed by atoms with Gasteiger partial charge >= 0.3 is 0 Å². The molecule has 2 aromatic carbocycles. The van der Waals surface area contributed by atoms with E-state index in [-0.39, 0.29) is 16.1 Å². The highest BCUT2D eigenvalue weighted by Crippen LogP contribution is 2.30. The molecular formula is C24H15Cl3N4O2. The maximum absolute atomic E-state index is 12.8. The second-order valence-corrected chi connectivity index (χ2v) is 8.08. The molecule has 0 aliphatic heterocycles. The first-order valence-electron chi connectivity index (χ1n) is 9.65. The van der Waals surface area contributed by atoms with Gasteiger partial charge in [0.15, 0.2) is 0 Å². The van der Waals surface area contributed by atoms with E-state index in [4.69, 9.17) is 34.8 Å². The van der Waals surface area contributed by atoms with Crippen molar-refractivity contribution in [2.45, 2.75) is 0 Å². The van der Waals surface area contributed by atoms with E-state index in [9.17, 15) is 9.59 Å². The van der Waals surface area contributed by atoms with Crippen LogP contribution in [0.4, 0.5) is 11.4 Å². The highest BCUT2D eigenvalue weighted by Gasteiger charge is 2.15. The lowest BCUT2D eigenvalue weighted by Gasteiger charge is -2.11. The number of hydrogen-bond donors (Lipinski definition) is 2. The number of anilines is 2. The largest absolute Gasteiger partial charge is 0.322 e. The van der Waals surface area contributed by atoms with Gasteiger partial charge in [-0.25, -0.2) is 4.98 Å². The van der Waals surface area contributed by atoms with Crippen molar-refractivity contribution >= 4 is 58.0 Å². The summed E-state index contributed by atoms with van der Waals surface area (Å²) in [5.74, 6) is -0.825. The molecule has 0 radical (unpaired) electrons. The fraction of sp³-hybridized carbons (Fsp3) is 0. The number of aromatic nitrogens is 2. The Morgan fingerprint density at radius 2 is 1.52 bits per heavy atom. The first-order chi connectivity index (χ1) is 15.9. The van der Waals surface area contributed by atoms with Gasteiger partial charge in [0.05, 0.1) is 33.2 Å². The Labute approximate surface area is 204 Å². The Hall–Kier alpha value is -3.45. The molecule has 33 heavy (non-hydrogen) atoms. The Morgan fingerprint density at radius 3 is 2.21 bits per heavy atom. The fourth-order valence-electron chi connectivity index (χ4n) is 3.01. The summed E-state index contributed by atoms with van der Waals surface area (Å²) in [6.45, 7) is 0. The maximum atomic E-state index is 12.8. The fourth-order valence-corrected chi connectivity index (χ4v) is 3.61. The maximum Gasteiger partial charge on any atom is 0.257 e. The summed E-state index contributed by atoms with van der Waals surface area (Å²) < 4.78 is 0. The van der Waals surface area contributed by atoms with Crippen LogP contribution in [0.25, 0.3) is 11.3 Å². The number of pyridine rings is 2. The van der Waals surface area contributed by atoms with Crippen LogP contribution >= 0.6 is 34.8 Å². The lowest BCUT2D eigenvalue weighted by atomic mass is 10.1. The normalized spacial score (nSPS) is 10.5. The molecular weight excluding hydrogens is 483 g/mol. The van der Waals surface area contributed by atoms with Crippen molar-refractivity contribution in [2.24, 2.45) is 0 Å². The third-order valence-electron chi connectivity index (χ3n) is 4.63. The summed E-state index contributed by atoms with van der Waals surface area (Å²) >= 11 is 18.4. The van der Waals surface area contributed by atoms with Crippen LogP contribution in [-0.4, -0.2) is 21.8 Å². The molecule has 164 valence electrons. The number of amides is 2. The molecule has 0 aliphatic carbocycles. The van der Waals surface area contributed by atoms with Crippen LogP contribution in [0.1, 0.15) is 20.7 Å². The van der Waals surface area contributed by atoms with Crippen molar-refractivity contribution < 1.29 is 9.59 Å². The zero-order valence-electron chi connectivity index (χ0n) is 16.9.